The van der Waals surface area contributed by atoms with E-state index in [1.165, 1.54) is 0 Å². The van der Waals surface area contributed by atoms with Gasteiger partial charge in [-0.2, -0.15) is 0 Å². The second-order valence-electron chi connectivity index (χ2n) is 0.333. The van der Waals surface area contributed by atoms with Crippen molar-refractivity contribution < 1.29 is 163 Å². The molecule has 0 aliphatic carbocycles. The third-order valence-corrected chi connectivity index (χ3v) is 0.0680. The molecule has 0 fully saturated rings. The summed E-state index contributed by atoms with van der Waals surface area (Å²) in [5, 5.41) is 17.2. The zero-order chi connectivity index (χ0) is 4.28. The molecule has 0 radical (unpaired) electrons. The fourth-order valence-electron chi connectivity index (χ4n) is 0. The number of hydrogen-bond donors (Lipinski definition) is 0. The van der Waals surface area contributed by atoms with Crippen LogP contribution >= 0.6 is 0 Å². The van der Waals surface area contributed by atoms with Crippen molar-refractivity contribution in [3.63, 3.8) is 0 Å². The van der Waals surface area contributed by atoms with Crippen LogP contribution in [0.4, 0.5) is 4.79 Å². The van der Waals surface area contributed by atoms with Gasteiger partial charge in [0.05, 0.1) is 0 Å². The molecule has 0 heterocycles. The third-order valence-electron chi connectivity index (χ3n) is 0.0680. The number of carboxylic acid groups (broad SMARTS) is 1. The van der Waals surface area contributed by atoms with Gasteiger partial charge in [-0.15, -0.1) is 0 Å². The van der Waals surface area contributed by atoms with E-state index in [0.29, 0.717) is 0 Å². The fourth-order valence-corrected chi connectivity index (χ4v) is 0. The topological polar surface area (TPSA) is 104 Å². The van der Waals surface area contributed by atoms with Crippen molar-refractivity contribution in [3.8, 4) is 0 Å². The first-order chi connectivity index (χ1) is 2.27. The van der Waals surface area contributed by atoms with Crippen molar-refractivity contribution in [1.82, 2.24) is 0 Å². The molecule has 0 saturated carbocycles. The van der Waals surface area contributed by atoms with Crippen LogP contribution in [0, 0.1) is 0 Å². The Morgan fingerprint density at radius 1 is 1.38 bits per heavy atom. The van der Waals surface area contributed by atoms with Crippen molar-refractivity contribution in [2.45, 2.75) is 0 Å². The monoisotopic (exact) mass is 360 g/mol. The summed E-state index contributed by atoms with van der Waals surface area (Å²) in [6.45, 7) is 0. The van der Waals surface area contributed by atoms with E-state index in [2.05, 4.69) is 4.89 Å². The van der Waals surface area contributed by atoms with E-state index in [4.69, 9.17) is 15.2 Å². The largest absolute Gasteiger partial charge is 1.00 e. The van der Waals surface area contributed by atoms with Gasteiger partial charge < -0.3 is 25.5 Å². The van der Waals surface area contributed by atoms with Crippen LogP contribution in [0.3, 0.4) is 0 Å². The van der Waals surface area contributed by atoms with Gasteiger partial charge in [0.1, 0.15) is 0 Å². The van der Waals surface area contributed by atoms with Crippen LogP contribution in [-0.2, 0) is 4.89 Å². The van der Waals surface area contributed by atoms with E-state index >= 15 is 0 Å². The Morgan fingerprint density at radius 2 is 1.50 bits per heavy atom. The Kier molecular flexibility index (Phi) is 47.0. The van der Waals surface area contributed by atoms with Crippen LogP contribution in [-0.4, -0.2) is 11.6 Å². The normalized spacial score (nSPS) is 4.12. The van der Waals surface area contributed by atoms with Crippen molar-refractivity contribution in [2.24, 2.45) is 0 Å². The Morgan fingerprint density at radius 3 is 1.50 bits per heavy atom. The Labute approximate surface area is 164 Å². The summed E-state index contributed by atoms with van der Waals surface area (Å²) in [5.74, 6) is 0. The van der Waals surface area contributed by atoms with Crippen LogP contribution in [0.2, 0.25) is 0 Å². The molecule has 0 aromatic rings. The van der Waals surface area contributed by atoms with Gasteiger partial charge in [-0.3, -0.25) is 0 Å². The van der Waals surface area contributed by atoms with Gasteiger partial charge in [-0.25, -0.2) is 0 Å². The molecular formula is CH2Cs2O5. The zero-order valence-corrected chi connectivity index (χ0v) is 17.2. The van der Waals surface area contributed by atoms with E-state index in [1.54, 1.807) is 0 Å². The van der Waals surface area contributed by atoms with Crippen molar-refractivity contribution >= 4 is 6.16 Å². The van der Waals surface area contributed by atoms with E-state index < -0.39 is 6.16 Å². The number of carbonyl (C=O) groups is 1. The van der Waals surface area contributed by atoms with Gasteiger partial charge in [-0.1, -0.05) is 0 Å². The Hall–Kier alpha value is 3.29. The van der Waals surface area contributed by atoms with E-state index in [0.717, 1.165) is 0 Å². The number of hydrogen-bond acceptors (Lipinski definition) is 4. The fraction of sp³-hybridized carbons (Fsp3) is 0. The van der Waals surface area contributed by atoms with Crippen LogP contribution in [0.25, 0.3) is 0 Å². The number of carbonyl (C=O) groups excluding carboxylic acids is 1. The quantitative estimate of drug-likeness (QED) is 0.316. The zero-order valence-electron chi connectivity index (χ0n) is 4.63. The second-order valence-corrected chi connectivity index (χ2v) is 0.333. The molecule has 0 aromatic carbocycles. The predicted molar refractivity (Wildman–Crippen MR) is 10.1 cm³/mol. The van der Waals surface area contributed by atoms with Crippen LogP contribution in [0.1, 0.15) is 0 Å². The molecule has 0 rings (SSSR count). The molecule has 38 valence electrons. The van der Waals surface area contributed by atoms with Crippen molar-refractivity contribution in [3.05, 3.63) is 0 Å². The molecule has 7 heteroatoms. The van der Waals surface area contributed by atoms with Gasteiger partial charge in [0.15, 0.2) is 0 Å². The van der Waals surface area contributed by atoms with Gasteiger partial charge in [0, 0.05) is 0 Å². The van der Waals surface area contributed by atoms with Crippen molar-refractivity contribution in [2.75, 3.05) is 0 Å². The molecule has 0 unspecified atom stereocenters. The minimum atomic E-state index is -2.05. The minimum absolute atomic E-state index is 0. The second kappa shape index (κ2) is 16.7. The molecule has 0 aromatic heterocycles. The summed E-state index contributed by atoms with van der Waals surface area (Å²) in [4.78, 5) is 11.0. The maximum atomic E-state index is 8.72. The average molecular weight is 360 g/mol. The van der Waals surface area contributed by atoms with E-state index in [1.807, 2.05) is 0 Å². The van der Waals surface area contributed by atoms with Gasteiger partial charge >= 0.3 is 138 Å². The first kappa shape index (κ1) is 22.5. The molecule has 0 amide bonds. The summed E-state index contributed by atoms with van der Waals surface area (Å²) in [7, 11) is 0. The molecule has 0 aliphatic heterocycles. The molecule has 5 nitrogen and oxygen atoms in total. The Bertz CT molecular complexity index is 45.7. The van der Waals surface area contributed by atoms with Crippen LogP contribution < -0.4 is 148 Å². The third kappa shape index (κ3) is 22.8. The minimum Gasteiger partial charge on any atom is -0.755 e. The summed E-state index contributed by atoms with van der Waals surface area (Å²) in [5.41, 5.74) is 0. The molecule has 0 aliphatic rings. The average Bonchev–Trinajstić information content (AvgIpc) is 1.38. The smallest absolute Gasteiger partial charge is 0.755 e. The SMILES string of the molecule is O.O=C([O-])O[O-].[Cs+].[Cs+]. The summed E-state index contributed by atoms with van der Waals surface area (Å²) < 4.78 is 0. The molecule has 0 bridgehead atoms. The van der Waals surface area contributed by atoms with Crippen LogP contribution in [0.5, 0.6) is 0 Å². The maximum absolute atomic E-state index is 8.72. The maximum Gasteiger partial charge on any atom is 1.00 e. The molecular weight excluding hydrogens is 358 g/mol. The standard InChI is InChI=1S/CH2O4.2Cs.H2O/c2-1(3)5-4;;;/h4H,(H,2,3);;;1H2/q;2*+1;/p-2. The summed E-state index contributed by atoms with van der Waals surface area (Å²) >= 11 is 0. The van der Waals surface area contributed by atoms with E-state index in [9.17, 15) is 0 Å². The molecule has 0 saturated heterocycles. The predicted octanol–water partition coefficient (Wildman–Crippen LogP) is -9.20. The van der Waals surface area contributed by atoms with Crippen molar-refractivity contribution in [1.29, 1.82) is 0 Å². The molecule has 0 atom stereocenters. The van der Waals surface area contributed by atoms with Gasteiger partial charge in [0.25, 0.3) is 0 Å². The first-order valence-corrected chi connectivity index (χ1v) is 0.779. The van der Waals surface area contributed by atoms with Gasteiger partial charge in [0.2, 0.25) is 6.16 Å². The Balaban J connectivity index is -0.0000000267. The molecule has 2 N–H and O–H groups in total. The molecule has 0 spiro atoms. The summed E-state index contributed by atoms with van der Waals surface area (Å²) in [6, 6.07) is 0. The van der Waals surface area contributed by atoms with Gasteiger partial charge in [-0.05, 0) is 0 Å². The molecule has 8 heavy (non-hydrogen) atoms. The van der Waals surface area contributed by atoms with Crippen LogP contribution in [0.15, 0.2) is 0 Å². The summed E-state index contributed by atoms with van der Waals surface area (Å²) in [6.07, 6.45) is -2.05. The number of rotatable bonds is 0. The first-order valence-electron chi connectivity index (χ1n) is 0.779. The van der Waals surface area contributed by atoms with E-state index in [-0.39, 0.29) is 143 Å².